The number of morpholine rings is 1. The van der Waals surface area contributed by atoms with Crippen molar-refractivity contribution in [1.82, 2.24) is 9.47 Å². The maximum Gasteiger partial charge on any atom is 0.270 e. The van der Waals surface area contributed by atoms with E-state index in [1.165, 1.54) is 19.1 Å². The summed E-state index contributed by atoms with van der Waals surface area (Å²) >= 11 is 5.83. The van der Waals surface area contributed by atoms with E-state index in [-0.39, 0.29) is 22.8 Å². The first-order valence-corrected chi connectivity index (χ1v) is 8.27. The Hall–Kier alpha value is -2.18. The average Bonchev–Trinajstić information content (AvgIpc) is 2.99. The second-order valence-electron chi connectivity index (χ2n) is 6.07. The molecule has 0 bridgehead atoms. The summed E-state index contributed by atoms with van der Waals surface area (Å²) in [7, 11) is 1.73. The van der Waals surface area contributed by atoms with Crippen LogP contribution in [-0.2, 0) is 11.8 Å². The van der Waals surface area contributed by atoms with Gasteiger partial charge in [-0.2, -0.15) is 0 Å². The predicted molar refractivity (Wildman–Crippen MR) is 91.4 cm³/mol. The van der Waals surface area contributed by atoms with Gasteiger partial charge < -0.3 is 14.2 Å². The van der Waals surface area contributed by atoms with E-state index in [9.17, 15) is 14.0 Å². The first kappa shape index (κ1) is 17.6. The Balaban J connectivity index is 1.80. The number of ketones is 1. The highest BCUT2D eigenvalue weighted by atomic mass is 35.5. The summed E-state index contributed by atoms with van der Waals surface area (Å²) in [6.07, 6.45) is 1.27. The topological polar surface area (TPSA) is 51.5 Å². The summed E-state index contributed by atoms with van der Waals surface area (Å²) < 4.78 is 20.7. The first-order valence-electron chi connectivity index (χ1n) is 7.90. The van der Waals surface area contributed by atoms with Crippen LogP contribution in [0.5, 0.6) is 0 Å². The number of carbonyl (C=O) groups excluding carboxylic acids is 2. The van der Waals surface area contributed by atoms with Crippen molar-refractivity contribution in [2.24, 2.45) is 7.05 Å². The lowest BCUT2D eigenvalue weighted by Gasteiger charge is -2.33. The maximum absolute atomic E-state index is 13.3. The highest BCUT2D eigenvalue weighted by Gasteiger charge is 2.28. The van der Waals surface area contributed by atoms with Crippen molar-refractivity contribution in [3.05, 3.63) is 58.1 Å². The SMILES string of the molecule is CC(=O)c1cc(C(=O)N2CCOC(c3ccc(F)c(Cl)c3)C2)n(C)c1. The number of aryl methyl sites for hydroxylation is 1. The van der Waals surface area contributed by atoms with Gasteiger partial charge in [0.2, 0.25) is 0 Å². The lowest BCUT2D eigenvalue weighted by Crippen LogP contribution is -2.42. The van der Waals surface area contributed by atoms with Crippen molar-refractivity contribution in [3.8, 4) is 0 Å². The van der Waals surface area contributed by atoms with E-state index >= 15 is 0 Å². The van der Waals surface area contributed by atoms with Gasteiger partial charge in [0, 0.05) is 25.4 Å². The molecule has 0 aliphatic carbocycles. The van der Waals surface area contributed by atoms with Crippen molar-refractivity contribution in [1.29, 1.82) is 0 Å². The number of carbonyl (C=O) groups is 2. The van der Waals surface area contributed by atoms with E-state index in [4.69, 9.17) is 16.3 Å². The molecule has 0 radical (unpaired) electrons. The summed E-state index contributed by atoms with van der Waals surface area (Å²) in [6.45, 7) is 2.62. The summed E-state index contributed by atoms with van der Waals surface area (Å²) in [6, 6.07) is 6.02. The number of hydrogen-bond donors (Lipinski definition) is 0. The predicted octanol–water partition coefficient (Wildman–Crippen LogP) is 3.23. The van der Waals surface area contributed by atoms with Crippen molar-refractivity contribution >= 4 is 23.3 Å². The summed E-state index contributed by atoms with van der Waals surface area (Å²) in [5.74, 6) is -0.748. The highest BCUT2D eigenvalue weighted by Crippen LogP contribution is 2.27. The molecule has 1 unspecified atom stereocenters. The molecule has 0 N–H and O–H groups in total. The molecule has 2 heterocycles. The number of halogens is 2. The molecule has 1 fully saturated rings. The molecule has 2 aromatic rings. The van der Waals surface area contributed by atoms with Crippen LogP contribution in [0.2, 0.25) is 5.02 Å². The fourth-order valence-corrected chi connectivity index (χ4v) is 3.07. The van der Waals surface area contributed by atoms with E-state index in [0.29, 0.717) is 31.0 Å². The van der Waals surface area contributed by atoms with Crippen LogP contribution in [0, 0.1) is 5.82 Å². The van der Waals surface area contributed by atoms with Crippen LogP contribution in [0.25, 0.3) is 0 Å². The van der Waals surface area contributed by atoms with E-state index in [1.54, 1.807) is 34.8 Å². The average molecular weight is 365 g/mol. The van der Waals surface area contributed by atoms with Gasteiger partial charge in [0.05, 0.1) is 18.2 Å². The van der Waals surface area contributed by atoms with Gasteiger partial charge in [-0.1, -0.05) is 17.7 Å². The molecular weight excluding hydrogens is 347 g/mol. The molecule has 25 heavy (non-hydrogen) atoms. The molecule has 1 saturated heterocycles. The number of ether oxygens (including phenoxy) is 1. The van der Waals surface area contributed by atoms with Gasteiger partial charge in [-0.05, 0) is 30.7 Å². The number of rotatable bonds is 3. The second-order valence-corrected chi connectivity index (χ2v) is 6.47. The normalized spacial score (nSPS) is 17.6. The van der Waals surface area contributed by atoms with Crippen molar-refractivity contribution in [3.63, 3.8) is 0 Å². The van der Waals surface area contributed by atoms with E-state index in [0.717, 1.165) is 5.56 Å². The number of nitrogens with zero attached hydrogens (tertiary/aromatic N) is 2. The van der Waals surface area contributed by atoms with Gasteiger partial charge >= 0.3 is 0 Å². The van der Waals surface area contributed by atoms with Crippen molar-refractivity contribution in [2.45, 2.75) is 13.0 Å². The zero-order valence-corrected chi connectivity index (χ0v) is 14.7. The third kappa shape index (κ3) is 3.60. The smallest absolute Gasteiger partial charge is 0.270 e. The minimum atomic E-state index is -0.491. The highest BCUT2D eigenvalue weighted by molar-refractivity contribution is 6.30. The molecule has 1 aromatic heterocycles. The molecule has 1 aliphatic heterocycles. The minimum Gasteiger partial charge on any atom is -0.370 e. The summed E-state index contributed by atoms with van der Waals surface area (Å²) in [5, 5.41) is 0.0260. The summed E-state index contributed by atoms with van der Waals surface area (Å²) in [5.41, 5.74) is 1.67. The maximum atomic E-state index is 13.3. The third-order valence-corrected chi connectivity index (χ3v) is 4.59. The van der Waals surface area contributed by atoms with E-state index < -0.39 is 5.82 Å². The molecule has 0 saturated carbocycles. The molecule has 0 spiro atoms. The standard InChI is InChI=1S/C18H18ClFN2O3/c1-11(23)13-8-16(21(2)9-13)18(24)22-5-6-25-17(10-22)12-3-4-15(20)14(19)7-12/h3-4,7-9,17H,5-6,10H2,1-2H3. The first-order chi connectivity index (χ1) is 11.9. The number of benzene rings is 1. The molecule has 7 heteroatoms. The molecule has 1 aromatic carbocycles. The molecule has 1 amide bonds. The van der Waals surface area contributed by atoms with Crippen LogP contribution in [0.15, 0.2) is 30.5 Å². The molecule has 3 rings (SSSR count). The lowest BCUT2D eigenvalue weighted by atomic mass is 10.1. The number of amides is 1. The molecule has 132 valence electrons. The molecule has 1 aliphatic rings. The fourth-order valence-electron chi connectivity index (χ4n) is 2.88. The van der Waals surface area contributed by atoms with Crippen LogP contribution in [0.4, 0.5) is 4.39 Å². The number of hydrogen-bond acceptors (Lipinski definition) is 3. The second kappa shape index (κ2) is 6.98. The molecular formula is C18H18ClFN2O3. The van der Waals surface area contributed by atoms with Gasteiger partial charge in [0.25, 0.3) is 5.91 Å². The van der Waals surface area contributed by atoms with Gasteiger partial charge in [-0.25, -0.2) is 4.39 Å². The van der Waals surface area contributed by atoms with Crippen molar-refractivity contribution < 1.29 is 18.7 Å². The van der Waals surface area contributed by atoms with Crippen molar-refractivity contribution in [2.75, 3.05) is 19.7 Å². The number of Topliss-reactive ketones (excluding diaryl/α,β-unsaturated/α-hetero) is 1. The Morgan fingerprint density at radius 2 is 2.08 bits per heavy atom. The minimum absolute atomic E-state index is 0.0260. The quantitative estimate of drug-likeness (QED) is 0.786. The van der Waals surface area contributed by atoms with Gasteiger partial charge in [0.15, 0.2) is 5.78 Å². The Morgan fingerprint density at radius 3 is 2.72 bits per heavy atom. The molecule has 1 atom stereocenters. The Morgan fingerprint density at radius 1 is 1.32 bits per heavy atom. The summed E-state index contributed by atoms with van der Waals surface area (Å²) in [4.78, 5) is 26.0. The Kier molecular flexibility index (Phi) is 4.92. The monoisotopic (exact) mass is 364 g/mol. The number of aromatic nitrogens is 1. The van der Waals surface area contributed by atoms with Gasteiger partial charge in [-0.3, -0.25) is 9.59 Å². The van der Waals surface area contributed by atoms with Crippen LogP contribution >= 0.6 is 11.6 Å². The largest absolute Gasteiger partial charge is 0.370 e. The van der Waals surface area contributed by atoms with Crippen LogP contribution < -0.4 is 0 Å². The Bertz CT molecular complexity index is 834. The van der Waals surface area contributed by atoms with Crippen LogP contribution in [0.3, 0.4) is 0 Å². The van der Waals surface area contributed by atoms with Crippen LogP contribution in [-0.4, -0.2) is 40.9 Å². The van der Waals surface area contributed by atoms with Crippen LogP contribution in [0.1, 0.15) is 39.4 Å². The third-order valence-electron chi connectivity index (χ3n) is 4.30. The fraction of sp³-hybridized carbons (Fsp3) is 0.333. The van der Waals surface area contributed by atoms with E-state index in [2.05, 4.69) is 0 Å². The van der Waals surface area contributed by atoms with E-state index in [1.807, 2.05) is 0 Å². The lowest BCUT2D eigenvalue weighted by molar-refractivity contribution is -0.0231. The molecule has 5 nitrogen and oxygen atoms in total. The van der Waals surface area contributed by atoms with Gasteiger partial charge in [-0.15, -0.1) is 0 Å². The Labute approximate surface area is 149 Å². The zero-order valence-electron chi connectivity index (χ0n) is 14.0. The van der Waals surface area contributed by atoms with Gasteiger partial charge in [0.1, 0.15) is 17.6 Å². The zero-order chi connectivity index (χ0) is 18.1.